The maximum Gasteiger partial charge on any atom is 0.132 e. The smallest absolute Gasteiger partial charge is 0.132 e. The average Bonchev–Trinajstić information content (AvgIpc) is 2.82. The standard InChI is InChI=1S/C12H13N5/c1-16(2)12-8-11(14-9-15-12)4-3-6-17-7-5-13-10-17/h5,7-10H,6H2,1-2H3. The Morgan fingerprint density at radius 2 is 2.24 bits per heavy atom. The van der Waals surface area contributed by atoms with E-state index >= 15 is 0 Å². The van der Waals surface area contributed by atoms with Gasteiger partial charge in [0.15, 0.2) is 0 Å². The Balaban J connectivity index is 2.08. The summed E-state index contributed by atoms with van der Waals surface area (Å²) in [5.74, 6) is 6.89. The normalized spacial score (nSPS) is 9.53. The van der Waals surface area contributed by atoms with E-state index in [1.807, 2.05) is 35.8 Å². The van der Waals surface area contributed by atoms with Crippen LogP contribution in [0.4, 0.5) is 5.82 Å². The van der Waals surface area contributed by atoms with Gasteiger partial charge in [-0.25, -0.2) is 15.0 Å². The number of anilines is 1. The Hall–Kier alpha value is -2.35. The van der Waals surface area contributed by atoms with E-state index in [4.69, 9.17) is 0 Å². The highest BCUT2D eigenvalue weighted by Gasteiger charge is 1.97. The number of hydrogen-bond donors (Lipinski definition) is 0. The minimum absolute atomic E-state index is 0.612. The zero-order valence-electron chi connectivity index (χ0n) is 9.83. The zero-order valence-corrected chi connectivity index (χ0v) is 9.83. The number of hydrogen-bond acceptors (Lipinski definition) is 4. The Labute approximate surface area is 100 Å². The van der Waals surface area contributed by atoms with Crippen LogP contribution in [0.3, 0.4) is 0 Å². The van der Waals surface area contributed by atoms with Crippen molar-refractivity contribution in [1.82, 2.24) is 19.5 Å². The Kier molecular flexibility index (Phi) is 3.36. The molecule has 0 aliphatic rings. The molecule has 0 radical (unpaired) electrons. The molecule has 0 N–H and O–H groups in total. The molecule has 0 aromatic carbocycles. The van der Waals surface area contributed by atoms with E-state index in [9.17, 15) is 0 Å². The van der Waals surface area contributed by atoms with E-state index in [1.165, 1.54) is 6.33 Å². The summed E-state index contributed by atoms with van der Waals surface area (Å²) < 4.78 is 1.90. The number of nitrogens with zero attached hydrogens (tertiary/aromatic N) is 5. The van der Waals surface area contributed by atoms with Crippen molar-refractivity contribution >= 4 is 5.82 Å². The summed E-state index contributed by atoms with van der Waals surface area (Å²) in [6.07, 6.45) is 6.87. The molecule has 17 heavy (non-hydrogen) atoms. The summed E-state index contributed by atoms with van der Waals surface area (Å²) in [4.78, 5) is 14.1. The molecule has 0 aliphatic heterocycles. The number of aromatic nitrogens is 4. The van der Waals surface area contributed by atoms with Crippen molar-refractivity contribution in [3.8, 4) is 11.8 Å². The highest BCUT2D eigenvalue weighted by atomic mass is 15.1. The average molecular weight is 227 g/mol. The zero-order chi connectivity index (χ0) is 12.1. The van der Waals surface area contributed by atoms with E-state index in [0.717, 1.165) is 11.5 Å². The lowest BCUT2D eigenvalue weighted by atomic mass is 10.3. The molecule has 0 atom stereocenters. The molecule has 5 nitrogen and oxygen atoms in total. The van der Waals surface area contributed by atoms with Crippen LogP contribution < -0.4 is 4.90 Å². The summed E-state index contributed by atoms with van der Waals surface area (Å²) in [6.45, 7) is 0.612. The molecular weight excluding hydrogens is 214 g/mol. The topological polar surface area (TPSA) is 46.8 Å². The van der Waals surface area contributed by atoms with Gasteiger partial charge in [-0.3, -0.25) is 0 Å². The van der Waals surface area contributed by atoms with Gasteiger partial charge in [-0.1, -0.05) is 5.92 Å². The molecule has 0 bridgehead atoms. The first-order valence-electron chi connectivity index (χ1n) is 5.19. The second-order valence-electron chi connectivity index (χ2n) is 3.69. The van der Waals surface area contributed by atoms with Gasteiger partial charge in [-0.2, -0.15) is 0 Å². The minimum Gasteiger partial charge on any atom is -0.363 e. The molecule has 0 amide bonds. The van der Waals surface area contributed by atoms with Crippen molar-refractivity contribution in [2.45, 2.75) is 6.54 Å². The SMILES string of the molecule is CN(C)c1cc(C#CCn2ccnc2)ncn1. The first-order valence-corrected chi connectivity index (χ1v) is 5.19. The maximum absolute atomic E-state index is 4.13. The van der Waals surface area contributed by atoms with Crippen molar-refractivity contribution in [3.63, 3.8) is 0 Å². The third-order valence-electron chi connectivity index (χ3n) is 2.15. The summed E-state index contributed by atoms with van der Waals surface area (Å²) in [7, 11) is 3.87. The minimum atomic E-state index is 0.612. The van der Waals surface area contributed by atoms with Crippen LogP contribution in [0.2, 0.25) is 0 Å². The first kappa shape index (κ1) is 11.1. The summed E-state index contributed by atoms with van der Waals surface area (Å²) in [6, 6.07) is 1.86. The van der Waals surface area contributed by atoms with Gasteiger partial charge in [0.25, 0.3) is 0 Å². The van der Waals surface area contributed by atoms with E-state index < -0.39 is 0 Å². The van der Waals surface area contributed by atoms with Gasteiger partial charge in [0.05, 0.1) is 12.9 Å². The lowest BCUT2D eigenvalue weighted by Crippen LogP contribution is -2.10. The van der Waals surface area contributed by atoms with Crippen LogP contribution in [0.1, 0.15) is 5.69 Å². The second-order valence-corrected chi connectivity index (χ2v) is 3.69. The Morgan fingerprint density at radius 3 is 2.94 bits per heavy atom. The van der Waals surface area contributed by atoms with Crippen molar-refractivity contribution in [1.29, 1.82) is 0 Å². The van der Waals surface area contributed by atoms with Crippen molar-refractivity contribution in [3.05, 3.63) is 36.8 Å². The molecular formula is C12H13N5. The quantitative estimate of drug-likeness (QED) is 0.712. The fourth-order valence-corrected chi connectivity index (χ4v) is 1.26. The molecule has 0 saturated carbocycles. The van der Waals surface area contributed by atoms with Gasteiger partial charge in [0.2, 0.25) is 0 Å². The molecule has 2 heterocycles. The van der Waals surface area contributed by atoms with Crippen LogP contribution in [0, 0.1) is 11.8 Å². The summed E-state index contributed by atoms with van der Waals surface area (Å²) in [5.41, 5.74) is 0.726. The third kappa shape index (κ3) is 3.05. The largest absolute Gasteiger partial charge is 0.363 e. The van der Waals surface area contributed by atoms with E-state index in [1.54, 1.807) is 12.5 Å². The van der Waals surface area contributed by atoms with Crippen LogP contribution in [0.5, 0.6) is 0 Å². The first-order chi connectivity index (χ1) is 8.25. The molecule has 0 fully saturated rings. The molecule has 0 aliphatic carbocycles. The molecule has 2 rings (SSSR count). The van der Waals surface area contributed by atoms with Gasteiger partial charge in [-0.05, 0) is 5.92 Å². The predicted octanol–water partition coefficient (Wildman–Crippen LogP) is 0.791. The van der Waals surface area contributed by atoms with Crippen molar-refractivity contribution < 1.29 is 0 Å². The van der Waals surface area contributed by atoms with Crippen LogP contribution >= 0.6 is 0 Å². The van der Waals surface area contributed by atoms with E-state index in [-0.39, 0.29) is 0 Å². The van der Waals surface area contributed by atoms with Gasteiger partial charge >= 0.3 is 0 Å². The molecule has 0 saturated heterocycles. The van der Waals surface area contributed by atoms with Gasteiger partial charge in [0.1, 0.15) is 17.8 Å². The molecule has 5 heteroatoms. The highest BCUT2D eigenvalue weighted by Crippen LogP contribution is 2.05. The lowest BCUT2D eigenvalue weighted by Gasteiger charge is -2.09. The fraction of sp³-hybridized carbons (Fsp3) is 0.250. The lowest BCUT2D eigenvalue weighted by molar-refractivity contribution is 0.839. The second kappa shape index (κ2) is 5.12. The van der Waals surface area contributed by atoms with E-state index in [0.29, 0.717) is 6.54 Å². The molecule has 2 aromatic heterocycles. The van der Waals surface area contributed by atoms with Crippen LogP contribution in [0.15, 0.2) is 31.1 Å². The monoisotopic (exact) mass is 227 g/mol. The fourth-order valence-electron chi connectivity index (χ4n) is 1.26. The number of imidazole rings is 1. The molecule has 0 spiro atoms. The van der Waals surface area contributed by atoms with E-state index in [2.05, 4.69) is 26.8 Å². The maximum atomic E-state index is 4.13. The third-order valence-corrected chi connectivity index (χ3v) is 2.15. The molecule has 2 aromatic rings. The van der Waals surface area contributed by atoms with Crippen LogP contribution in [-0.4, -0.2) is 33.6 Å². The molecule has 86 valence electrons. The predicted molar refractivity (Wildman–Crippen MR) is 65.5 cm³/mol. The Bertz CT molecular complexity index is 534. The molecule has 0 unspecified atom stereocenters. The van der Waals surface area contributed by atoms with Crippen LogP contribution in [-0.2, 0) is 6.54 Å². The van der Waals surface area contributed by atoms with Crippen molar-refractivity contribution in [2.75, 3.05) is 19.0 Å². The summed E-state index contributed by atoms with van der Waals surface area (Å²) in [5, 5.41) is 0. The van der Waals surface area contributed by atoms with Gasteiger partial charge in [0, 0.05) is 32.6 Å². The van der Waals surface area contributed by atoms with Crippen molar-refractivity contribution in [2.24, 2.45) is 0 Å². The van der Waals surface area contributed by atoms with Gasteiger partial charge < -0.3 is 9.47 Å². The van der Waals surface area contributed by atoms with Gasteiger partial charge in [-0.15, -0.1) is 0 Å². The Morgan fingerprint density at radius 1 is 1.35 bits per heavy atom. The van der Waals surface area contributed by atoms with Crippen LogP contribution in [0.25, 0.3) is 0 Å². The highest BCUT2D eigenvalue weighted by molar-refractivity contribution is 5.41. The number of rotatable bonds is 2. The summed E-state index contributed by atoms with van der Waals surface area (Å²) >= 11 is 0.